The fraction of sp³-hybridized carbons (Fsp3) is 0. The third kappa shape index (κ3) is 4.16. The summed E-state index contributed by atoms with van der Waals surface area (Å²) in [7, 11) is 0. The fourth-order valence-corrected chi connectivity index (χ4v) is 8.73. The van der Waals surface area contributed by atoms with Gasteiger partial charge in [-0.15, -0.1) is 11.3 Å². The largest absolute Gasteiger partial charge is 0.456 e. The van der Waals surface area contributed by atoms with Crippen molar-refractivity contribution < 1.29 is 8.83 Å². The van der Waals surface area contributed by atoms with E-state index in [9.17, 15) is 0 Å². The molecule has 0 saturated carbocycles. The minimum Gasteiger partial charge on any atom is -0.456 e. The minimum atomic E-state index is 0.874. The Hall–Kier alpha value is -6.36. The lowest BCUT2D eigenvalue weighted by Gasteiger charge is -2.26. The molecular weight excluding hydrogens is 631 g/mol. The average Bonchev–Trinajstić information content (AvgIpc) is 3.86. The Morgan fingerprint density at radius 3 is 1.90 bits per heavy atom. The predicted molar refractivity (Wildman–Crippen MR) is 212 cm³/mol. The first-order valence-electron chi connectivity index (χ1n) is 16.8. The highest BCUT2D eigenvalue weighted by Gasteiger charge is 2.18. The molecule has 0 saturated heterocycles. The van der Waals surface area contributed by atoms with Gasteiger partial charge < -0.3 is 13.7 Å². The molecule has 3 nitrogen and oxygen atoms in total. The summed E-state index contributed by atoms with van der Waals surface area (Å²) in [6.45, 7) is 0. The van der Waals surface area contributed by atoms with E-state index in [2.05, 4.69) is 157 Å². The van der Waals surface area contributed by atoms with E-state index in [1.165, 1.54) is 25.6 Å². The van der Waals surface area contributed by atoms with Gasteiger partial charge in [-0.25, -0.2) is 0 Å². The number of thiophene rings is 1. The molecule has 0 spiro atoms. The van der Waals surface area contributed by atoms with Crippen molar-refractivity contribution in [2.24, 2.45) is 0 Å². The topological polar surface area (TPSA) is 29.5 Å². The summed E-state index contributed by atoms with van der Waals surface area (Å²) in [6, 6.07) is 58.4. The van der Waals surface area contributed by atoms with E-state index in [1.807, 2.05) is 23.5 Å². The summed E-state index contributed by atoms with van der Waals surface area (Å²) in [5.41, 5.74) is 9.07. The first-order chi connectivity index (χ1) is 24.7. The van der Waals surface area contributed by atoms with Crippen molar-refractivity contribution in [3.8, 4) is 11.1 Å². The van der Waals surface area contributed by atoms with Gasteiger partial charge in [0.2, 0.25) is 0 Å². The molecule has 0 aliphatic carbocycles. The molecule has 0 aliphatic heterocycles. The van der Waals surface area contributed by atoms with Gasteiger partial charge in [0.15, 0.2) is 0 Å². The summed E-state index contributed by atoms with van der Waals surface area (Å²) < 4.78 is 15.4. The first-order valence-corrected chi connectivity index (χ1v) is 17.6. The first kappa shape index (κ1) is 27.6. The van der Waals surface area contributed by atoms with Crippen molar-refractivity contribution in [2.75, 3.05) is 4.90 Å². The van der Waals surface area contributed by atoms with Gasteiger partial charge in [-0.3, -0.25) is 0 Å². The van der Waals surface area contributed by atoms with Crippen LogP contribution in [-0.4, -0.2) is 0 Å². The molecule has 3 heterocycles. The highest BCUT2D eigenvalue weighted by atomic mass is 32.1. The van der Waals surface area contributed by atoms with Crippen LogP contribution < -0.4 is 4.90 Å². The molecule has 11 rings (SSSR count). The van der Waals surface area contributed by atoms with Crippen LogP contribution in [0.25, 0.3) is 85.9 Å². The normalized spacial score (nSPS) is 12.0. The van der Waals surface area contributed by atoms with E-state index in [1.54, 1.807) is 0 Å². The Balaban J connectivity index is 1.04. The lowest BCUT2D eigenvalue weighted by Crippen LogP contribution is -2.09. The molecule has 0 N–H and O–H groups in total. The van der Waals surface area contributed by atoms with Crippen molar-refractivity contribution in [1.82, 2.24) is 0 Å². The molecule has 0 aliphatic rings. The molecular formula is C46H27NO2S. The van der Waals surface area contributed by atoms with E-state index < -0.39 is 0 Å². The summed E-state index contributed by atoms with van der Waals surface area (Å²) in [5, 5.41) is 9.40. The molecule has 0 bridgehead atoms. The third-order valence-corrected chi connectivity index (χ3v) is 11.2. The van der Waals surface area contributed by atoms with Crippen LogP contribution in [0, 0.1) is 0 Å². The van der Waals surface area contributed by atoms with Crippen LogP contribution in [-0.2, 0) is 0 Å². The van der Waals surface area contributed by atoms with Gasteiger partial charge in [-0.1, -0.05) is 84.9 Å². The van der Waals surface area contributed by atoms with Crippen molar-refractivity contribution >= 4 is 103 Å². The van der Waals surface area contributed by atoms with Gasteiger partial charge in [0.25, 0.3) is 0 Å². The van der Waals surface area contributed by atoms with Gasteiger partial charge >= 0.3 is 0 Å². The second-order valence-corrected chi connectivity index (χ2v) is 14.0. The number of benzene rings is 8. The Morgan fingerprint density at radius 1 is 0.360 bits per heavy atom. The Labute approximate surface area is 290 Å². The van der Waals surface area contributed by atoms with E-state index in [4.69, 9.17) is 8.83 Å². The molecule has 0 unspecified atom stereocenters. The molecule has 8 aromatic carbocycles. The van der Waals surface area contributed by atoms with Crippen LogP contribution in [0.15, 0.2) is 173 Å². The van der Waals surface area contributed by atoms with Crippen LogP contribution in [0.3, 0.4) is 0 Å². The second kappa shape index (κ2) is 10.6. The maximum absolute atomic E-state index is 6.51. The summed E-state index contributed by atoms with van der Waals surface area (Å²) in [5.74, 6) is 0. The third-order valence-electron chi connectivity index (χ3n) is 10.1. The van der Waals surface area contributed by atoms with Crippen LogP contribution in [0.2, 0.25) is 0 Å². The van der Waals surface area contributed by atoms with Crippen molar-refractivity contribution in [3.05, 3.63) is 164 Å². The van der Waals surface area contributed by atoms with Crippen molar-refractivity contribution in [3.63, 3.8) is 0 Å². The number of fused-ring (bicyclic) bond motifs is 11. The highest BCUT2D eigenvalue weighted by molar-refractivity contribution is 7.25. The van der Waals surface area contributed by atoms with Gasteiger partial charge in [0.1, 0.15) is 22.3 Å². The Kier molecular flexibility index (Phi) is 5.83. The molecule has 11 aromatic rings. The van der Waals surface area contributed by atoms with E-state index in [0.29, 0.717) is 0 Å². The lowest BCUT2D eigenvalue weighted by atomic mass is 10.0. The van der Waals surface area contributed by atoms with Gasteiger partial charge in [0, 0.05) is 70.2 Å². The summed E-state index contributed by atoms with van der Waals surface area (Å²) in [6.07, 6.45) is 0. The zero-order chi connectivity index (χ0) is 32.8. The van der Waals surface area contributed by atoms with Crippen molar-refractivity contribution in [1.29, 1.82) is 0 Å². The van der Waals surface area contributed by atoms with E-state index in [-0.39, 0.29) is 0 Å². The molecule has 234 valence electrons. The molecule has 0 fully saturated rings. The van der Waals surface area contributed by atoms with Crippen LogP contribution >= 0.6 is 11.3 Å². The summed E-state index contributed by atoms with van der Waals surface area (Å²) >= 11 is 1.84. The fourth-order valence-electron chi connectivity index (χ4n) is 7.64. The van der Waals surface area contributed by atoms with Gasteiger partial charge in [0.05, 0.1) is 0 Å². The maximum atomic E-state index is 6.51. The maximum Gasteiger partial charge on any atom is 0.143 e. The SMILES string of the molecule is c1ccc2c(c1)ccc1c3ccc(-c4ccc(N(c5ccc6c(c5)oc5ccccc56)c5ccc6sc7ccccc7c6c5)cc4)cc3oc21. The number of para-hydroxylation sites is 1. The minimum absolute atomic E-state index is 0.874. The molecule has 3 aromatic heterocycles. The average molecular weight is 658 g/mol. The number of hydrogen-bond donors (Lipinski definition) is 0. The number of nitrogens with zero attached hydrogens (tertiary/aromatic N) is 1. The smallest absolute Gasteiger partial charge is 0.143 e. The Bertz CT molecular complexity index is 3110. The molecule has 4 heteroatoms. The highest BCUT2D eigenvalue weighted by Crippen LogP contribution is 2.43. The Morgan fingerprint density at radius 2 is 0.980 bits per heavy atom. The number of hydrogen-bond acceptors (Lipinski definition) is 4. The van der Waals surface area contributed by atoms with Crippen LogP contribution in [0.1, 0.15) is 0 Å². The van der Waals surface area contributed by atoms with Crippen LogP contribution in [0.5, 0.6) is 0 Å². The van der Waals surface area contributed by atoms with Crippen LogP contribution in [0.4, 0.5) is 17.1 Å². The standard InChI is InChI=1S/C46H27NO2S/c1-2-8-34-29(7-1)15-22-39-37-21-16-30(25-42(37)49-46(34)39)28-13-17-31(18-14-28)47(32-20-24-45-40(26-32)38-10-4-6-12-44(38)50-45)33-19-23-36-35-9-3-5-11-41(35)48-43(36)27-33/h1-27H. The van der Waals surface area contributed by atoms with E-state index in [0.717, 1.165) is 77.5 Å². The molecule has 0 atom stereocenters. The molecule has 0 amide bonds. The quantitative estimate of drug-likeness (QED) is 0.189. The number of rotatable bonds is 4. The molecule has 50 heavy (non-hydrogen) atoms. The van der Waals surface area contributed by atoms with Crippen molar-refractivity contribution in [2.45, 2.75) is 0 Å². The van der Waals surface area contributed by atoms with Gasteiger partial charge in [-0.2, -0.15) is 0 Å². The van der Waals surface area contributed by atoms with Gasteiger partial charge in [-0.05, 0) is 89.3 Å². The summed E-state index contributed by atoms with van der Waals surface area (Å²) in [4.78, 5) is 2.33. The number of furan rings is 2. The second-order valence-electron chi connectivity index (χ2n) is 12.9. The monoisotopic (exact) mass is 657 g/mol. The predicted octanol–water partition coefficient (Wildman–Crippen LogP) is 14.1. The zero-order valence-corrected chi connectivity index (χ0v) is 27.6. The zero-order valence-electron chi connectivity index (χ0n) is 26.8. The number of anilines is 3. The van der Waals surface area contributed by atoms with E-state index >= 15 is 0 Å². The molecule has 0 radical (unpaired) electrons. The lowest BCUT2D eigenvalue weighted by molar-refractivity contribution is 0.669.